The maximum atomic E-state index is 5.56. The van der Waals surface area contributed by atoms with Gasteiger partial charge in [0.25, 0.3) is 0 Å². The van der Waals surface area contributed by atoms with Crippen molar-refractivity contribution in [1.29, 1.82) is 0 Å². The van der Waals surface area contributed by atoms with Crippen molar-refractivity contribution in [2.45, 2.75) is 0 Å². The molecular weight excluding hydrogens is 430 g/mol. The molecular formula is C24H41NO8. The van der Waals surface area contributed by atoms with Gasteiger partial charge in [0.15, 0.2) is 0 Å². The van der Waals surface area contributed by atoms with Crippen LogP contribution < -0.4 is 5.73 Å². The first-order valence-corrected chi connectivity index (χ1v) is 11.5. The molecule has 0 fully saturated rings. The highest BCUT2D eigenvalue weighted by molar-refractivity contribution is 5.56. The second kappa shape index (κ2) is 23.6. The number of nitrogens with two attached hydrogens (primary N) is 1. The predicted molar refractivity (Wildman–Crippen MR) is 126 cm³/mol. The maximum absolute atomic E-state index is 5.56. The Morgan fingerprint density at radius 1 is 0.515 bits per heavy atom. The molecule has 9 nitrogen and oxygen atoms in total. The fraction of sp³-hybridized carbons (Fsp3) is 0.667. The van der Waals surface area contributed by atoms with Gasteiger partial charge in [-0.1, -0.05) is 36.9 Å². The van der Waals surface area contributed by atoms with Gasteiger partial charge in [0.2, 0.25) is 0 Å². The molecule has 1 aromatic carbocycles. The average Bonchev–Trinajstić information content (AvgIpc) is 2.85. The van der Waals surface area contributed by atoms with Crippen LogP contribution in [-0.2, 0) is 37.9 Å². The standard InChI is InChI=1S/C24H41NO8/c1-23(24-5-3-2-4-6-24)33-22-21-32-20-19-31-18-17-30-16-15-29-14-13-28-12-11-27-10-9-26-8-7-25/h2-6H,1,7-22,25H2. The molecule has 0 aliphatic carbocycles. The highest BCUT2D eigenvalue weighted by Gasteiger charge is 1.99. The lowest BCUT2D eigenvalue weighted by Crippen LogP contribution is -2.15. The summed E-state index contributed by atoms with van der Waals surface area (Å²) in [6.07, 6.45) is 0. The molecule has 0 saturated heterocycles. The molecule has 0 spiro atoms. The zero-order chi connectivity index (χ0) is 23.7. The molecule has 0 amide bonds. The lowest BCUT2D eigenvalue weighted by Gasteiger charge is -2.10. The van der Waals surface area contributed by atoms with E-state index in [9.17, 15) is 0 Å². The molecule has 0 heterocycles. The number of ether oxygens (including phenoxy) is 8. The van der Waals surface area contributed by atoms with Gasteiger partial charge in [-0.3, -0.25) is 0 Å². The maximum Gasteiger partial charge on any atom is 0.119 e. The van der Waals surface area contributed by atoms with Gasteiger partial charge in [0.1, 0.15) is 12.4 Å². The van der Waals surface area contributed by atoms with Crippen LogP contribution in [0.2, 0.25) is 0 Å². The van der Waals surface area contributed by atoms with Crippen LogP contribution in [0.3, 0.4) is 0 Å². The number of hydrogen-bond acceptors (Lipinski definition) is 9. The molecule has 0 radical (unpaired) electrons. The lowest BCUT2D eigenvalue weighted by atomic mass is 10.2. The van der Waals surface area contributed by atoms with Crippen molar-refractivity contribution < 1.29 is 37.9 Å². The van der Waals surface area contributed by atoms with E-state index in [2.05, 4.69) is 6.58 Å². The van der Waals surface area contributed by atoms with Crippen LogP contribution in [-0.4, -0.2) is 106 Å². The SMILES string of the molecule is C=C(OCCOCCOCCOCCOCCOCCOCCOCCN)c1ccccc1. The summed E-state index contributed by atoms with van der Waals surface area (Å²) in [7, 11) is 0. The van der Waals surface area contributed by atoms with Crippen LogP contribution in [0.5, 0.6) is 0 Å². The molecule has 0 aromatic heterocycles. The molecule has 1 aromatic rings. The smallest absolute Gasteiger partial charge is 0.119 e. The van der Waals surface area contributed by atoms with Gasteiger partial charge < -0.3 is 43.6 Å². The fourth-order valence-electron chi connectivity index (χ4n) is 2.44. The molecule has 0 aliphatic rings. The monoisotopic (exact) mass is 471 g/mol. The topological polar surface area (TPSA) is 99.9 Å². The van der Waals surface area contributed by atoms with Crippen molar-refractivity contribution in [2.24, 2.45) is 5.73 Å². The minimum atomic E-state index is 0.459. The third-order valence-corrected chi connectivity index (χ3v) is 4.09. The van der Waals surface area contributed by atoms with Gasteiger partial charge in [-0.15, -0.1) is 0 Å². The Kier molecular flexibility index (Phi) is 21.1. The summed E-state index contributed by atoms with van der Waals surface area (Å²) in [6, 6.07) is 9.78. The Morgan fingerprint density at radius 3 is 1.21 bits per heavy atom. The molecule has 33 heavy (non-hydrogen) atoms. The van der Waals surface area contributed by atoms with Gasteiger partial charge in [-0.2, -0.15) is 0 Å². The van der Waals surface area contributed by atoms with E-state index < -0.39 is 0 Å². The first kappa shape index (κ1) is 29.5. The van der Waals surface area contributed by atoms with E-state index in [1.165, 1.54) is 0 Å². The Bertz CT molecular complexity index is 547. The van der Waals surface area contributed by atoms with E-state index in [4.69, 9.17) is 43.6 Å². The molecule has 1 rings (SSSR count). The quantitative estimate of drug-likeness (QED) is 0.169. The van der Waals surface area contributed by atoms with Crippen molar-refractivity contribution >= 4 is 5.76 Å². The van der Waals surface area contributed by atoms with Crippen molar-refractivity contribution in [1.82, 2.24) is 0 Å². The molecule has 0 bridgehead atoms. The van der Waals surface area contributed by atoms with E-state index >= 15 is 0 Å². The van der Waals surface area contributed by atoms with E-state index in [0.717, 1.165) is 5.56 Å². The number of benzene rings is 1. The van der Waals surface area contributed by atoms with Gasteiger partial charge in [0, 0.05) is 12.1 Å². The summed E-state index contributed by atoms with van der Waals surface area (Å²) >= 11 is 0. The normalized spacial score (nSPS) is 11.1. The molecule has 190 valence electrons. The predicted octanol–water partition coefficient (Wildman–Crippen LogP) is 1.75. The van der Waals surface area contributed by atoms with Crippen molar-refractivity contribution in [3.8, 4) is 0 Å². The zero-order valence-corrected chi connectivity index (χ0v) is 19.8. The van der Waals surface area contributed by atoms with Crippen LogP contribution in [0.25, 0.3) is 5.76 Å². The summed E-state index contributed by atoms with van der Waals surface area (Å²) < 4.78 is 43.3. The van der Waals surface area contributed by atoms with Crippen LogP contribution in [0.1, 0.15) is 5.56 Å². The largest absolute Gasteiger partial charge is 0.491 e. The molecule has 2 N–H and O–H groups in total. The third-order valence-electron chi connectivity index (χ3n) is 4.09. The molecule has 9 heteroatoms. The molecule has 0 unspecified atom stereocenters. The molecule has 0 saturated carbocycles. The van der Waals surface area contributed by atoms with Crippen LogP contribution >= 0.6 is 0 Å². The highest BCUT2D eigenvalue weighted by Crippen LogP contribution is 2.12. The van der Waals surface area contributed by atoms with Gasteiger partial charge in [0.05, 0.1) is 92.5 Å². The fourth-order valence-corrected chi connectivity index (χ4v) is 2.44. The van der Waals surface area contributed by atoms with Crippen LogP contribution in [0.4, 0.5) is 0 Å². The molecule has 0 atom stereocenters. The Hall–Kier alpha value is -1.56. The number of hydrogen-bond donors (Lipinski definition) is 1. The highest BCUT2D eigenvalue weighted by atomic mass is 16.6. The van der Waals surface area contributed by atoms with E-state index in [0.29, 0.717) is 111 Å². The lowest BCUT2D eigenvalue weighted by molar-refractivity contribution is -0.0212. The van der Waals surface area contributed by atoms with E-state index in [-0.39, 0.29) is 0 Å². The van der Waals surface area contributed by atoms with Gasteiger partial charge in [-0.05, 0) is 0 Å². The second-order valence-electron chi connectivity index (χ2n) is 6.71. The number of rotatable bonds is 25. The second-order valence-corrected chi connectivity index (χ2v) is 6.71. The van der Waals surface area contributed by atoms with E-state index in [1.807, 2.05) is 30.3 Å². The molecule has 0 aliphatic heterocycles. The summed E-state index contributed by atoms with van der Waals surface area (Å²) in [5, 5.41) is 0. The Morgan fingerprint density at radius 2 is 0.848 bits per heavy atom. The van der Waals surface area contributed by atoms with Gasteiger partial charge in [-0.25, -0.2) is 0 Å². The van der Waals surface area contributed by atoms with Crippen molar-refractivity contribution in [2.75, 3.05) is 106 Å². The zero-order valence-electron chi connectivity index (χ0n) is 19.8. The summed E-state index contributed by atoms with van der Waals surface area (Å²) in [5.41, 5.74) is 6.29. The average molecular weight is 472 g/mol. The van der Waals surface area contributed by atoms with E-state index in [1.54, 1.807) is 0 Å². The Labute approximate surface area is 198 Å². The van der Waals surface area contributed by atoms with Crippen molar-refractivity contribution in [3.63, 3.8) is 0 Å². The Balaban J connectivity index is 1.69. The minimum Gasteiger partial charge on any atom is -0.491 e. The third kappa shape index (κ3) is 19.6. The first-order chi connectivity index (χ1) is 16.3. The first-order valence-electron chi connectivity index (χ1n) is 11.5. The van der Waals surface area contributed by atoms with Gasteiger partial charge >= 0.3 is 0 Å². The van der Waals surface area contributed by atoms with Crippen LogP contribution in [0.15, 0.2) is 36.9 Å². The van der Waals surface area contributed by atoms with Crippen molar-refractivity contribution in [3.05, 3.63) is 42.5 Å². The summed E-state index contributed by atoms with van der Waals surface area (Å²) in [6.45, 7) is 12.3. The summed E-state index contributed by atoms with van der Waals surface area (Å²) in [4.78, 5) is 0. The summed E-state index contributed by atoms with van der Waals surface area (Å²) in [5.74, 6) is 0.648. The minimum absolute atomic E-state index is 0.459. The van der Waals surface area contributed by atoms with Crippen LogP contribution in [0, 0.1) is 0 Å².